The molecule has 0 radical (unpaired) electrons. The monoisotopic (exact) mass is 352 g/mol. The molecule has 0 saturated carbocycles. The van der Waals surface area contributed by atoms with E-state index in [-0.39, 0.29) is 6.42 Å². The number of unbranched alkanes of at least 4 members (excludes halogenated alkanes) is 3. The number of pyridine rings is 1. The smallest absolute Gasteiger partial charge is 0.303 e. The molecule has 0 unspecified atom stereocenters. The lowest BCUT2D eigenvalue weighted by molar-refractivity contribution is -0.137. The summed E-state index contributed by atoms with van der Waals surface area (Å²) in [6.45, 7) is 0.442. The highest BCUT2D eigenvalue weighted by molar-refractivity contribution is 5.66. The number of aromatic nitrogens is 2. The third-order valence-corrected chi connectivity index (χ3v) is 4.35. The van der Waals surface area contributed by atoms with Crippen molar-refractivity contribution in [1.82, 2.24) is 9.38 Å². The Balaban J connectivity index is 1.51. The number of fused-ring (bicyclic) bond motifs is 1. The van der Waals surface area contributed by atoms with Crippen LogP contribution in [0.25, 0.3) is 5.65 Å². The number of aliphatic carboxylic acids is 1. The van der Waals surface area contributed by atoms with Crippen molar-refractivity contribution in [1.29, 1.82) is 0 Å². The van der Waals surface area contributed by atoms with Crippen LogP contribution in [0.15, 0.2) is 54.9 Å². The summed E-state index contributed by atoms with van der Waals surface area (Å²) in [5, 5.41) is 8.66. The van der Waals surface area contributed by atoms with Crippen LogP contribution < -0.4 is 4.74 Å². The van der Waals surface area contributed by atoms with E-state index >= 15 is 0 Å². The maximum absolute atomic E-state index is 10.5. The number of imidazole rings is 1. The summed E-state index contributed by atoms with van der Waals surface area (Å²) in [5.74, 6) is 0.186. The quantitative estimate of drug-likeness (QED) is 0.546. The van der Waals surface area contributed by atoms with Crippen LogP contribution >= 0.6 is 0 Å². The molecule has 0 amide bonds. The molecule has 0 bridgehead atoms. The normalized spacial score (nSPS) is 10.9. The predicted molar refractivity (Wildman–Crippen MR) is 100 cm³/mol. The van der Waals surface area contributed by atoms with Gasteiger partial charge in [0.15, 0.2) is 0 Å². The van der Waals surface area contributed by atoms with Gasteiger partial charge in [0, 0.05) is 18.8 Å². The van der Waals surface area contributed by atoms with Crippen molar-refractivity contribution in [2.45, 2.75) is 45.1 Å². The van der Waals surface area contributed by atoms with E-state index in [2.05, 4.69) is 11.1 Å². The van der Waals surface area contributed by atoms with Crippen molar-refractivity contribution in [3.05, 3.63) is 66.1 Å². The van der Waals surface area contributed by atoms with Crippen molar-refractivity contribution in [2.75, 3.05) is 0 Å². The van der Waals surface area contributed by atoms with E-state index in [9.17, 15) is 4.79 Å². The molecule has 0 aliphatic rings. The number of benzene rings is 1. The molecule has 0 saturated heterocycles. The number of rotatable bonds is 10. The molecule has 2 heterocycles. The van der Waals surface area contributed by atoms with Gasteiger partial charge in [-0.15, -0.1) is 0 Å². The molecule has 0 fully saturated rings. The van der Waals surface area contributed by atoms with Crippen LogP contribution in [0.5, 0.6) is 5.75 Å². The van der Waals surface area contributed by atoms with Crippen molar-refractivity contribution in [3.8, 4) is 5.75 Å². The lowest BCUT2D eigenvalue weighted by Gasteiger charge is -2.10. The zero-order chi connectivity index (χ0) is 18.2. The maximum atomic E-state index is 10.5. The average molecular weight is 352 g/mol. The van der Waals surface area contributed by atoms with E-state index in [0.717, 1.165) is 49.2 Å². The summed E-state index contributed by atoms with van der Waals surface area (Å²) in [5.41, 5.74) is 3.01. The largest absolute Gasteiger partial charge is 0.487 e. The van der Waals surface area contributed by atoms with E-state index < -0.39 is 5.97 Å². The Bertz CT molecular complexity index is 824. The Morgan fingerprint density at radius 1 is 1.04 bits per heavy atom. The summed E-state index contributed by atoms with van der Waals surface area (Å²) < 4.78 is 8.00. The van der Waals surface area contributed by atoms with E-state index in [4.69, 9.17) is 9.84 Å². The maximum Gasteiger partial charge on any atom is 0.303 e. The van der Waals surface area contributed by atoms with Gasteiger partial charge in [0.05, 0.1) is 5.69 Å². The minimum absolute atomic E-state index is 0.263. The molecule has 3 rings (SSSR count). The second-order valence-electron chi connectivity index (χ2n) is 6.40. The SMILES string of the molecule is O=C(O)CCCCCCc1ccccc1OCc1cn2ccccc2n1. The van der Waals surface area contributed by atoms with Gasteiger partial charge >= 0.3 is 5.97 Å². The molecule has 5 heteroatoms. The Labute approximate surface area is 153 Å². The van der Waals surface area contributed by atoms with Gasteiger partial charge in [0.2, 0.25) is 0 Å². The Morgan fingerprint density at radius 2 is 1.85 bits per heavy atom. The molecule has 1 aromatic carbocycles. The molecule has 26 heavy (non-hydrogen) atoms. The second kappa shape index (κ2) is 9.04. The van der Waals surface area contributed by atoms with Crippen molar-refractivity contribution in [2.24, 2.45) is 0 Å². The van der Waals surface area contributed by atoms with Crippen LogP contribution in [0, 0.1) is 0 Å². The van der Waals surface area contributed by atoms with E-state index in [1.807, 2.05) is 53.2 Å². The highest BCUT2D eigenvalue weighted by Crippen LogP contribution is 2.22. The first-order valence-electron chi connectivity index (χ1n) is 9.07. The molecule has 136 valence electrons. The van der Waals surface area contributed by atoms with Crippen LogP contribution in [0.2, 0.25) is 0 Å². The number of ether oxygens (including phenoxy) is 1. The average Bonchev–Trinajstić information content (AvgIpc) is 3.06. The van der Waals surface area contributed by atoms with Crippen LogP contribution in [0.1, 0.15) is 43.4 Å². The molecule has 0 atom stereocenters. The van der Waals surface area contributed by atoms with Gasteiger partial charge in [-0.1, -0.05) is 37.1 Å². The highest BCUT2D eigenvalue weighted by Gasteiger charge is 2.06. The van der Waals surface area contributed by atoms with Gasteiger partial charge in [-0.25, -0.2) is 4.98 Å². The number of nitrogens with zero attached hydrogens (tertiary/aromatic N) is 2. The number of para-hydroxylation sites is 1. The first-order valence-corrected chi connectivity index (χ1v) is 9.07. The molecular formula is C21H24N2O3. The topological polar surface area (TPSA) is 63.8 Å². The standard InChI is InChI=1S/C21H24N2O3/c24-21(25)13-4-2-1-3-9-17-10-5-6-11-19(17)26-16-18-15-23-14-8-7-12-20(23)22-18/h5-8,10-12,14-15H,1-4,9,13,16H2,(H,24,25). The molecular weight excluding hydrogens is 328 g/mol. The van der Waals surface area contributed by atoms with Crippen LogP contribution in [0.3, 0.4) is 0 Å². The Morgan fingerprint density at radius 3 is 2.69 bits per heavy atom. The van der Waals surface area contributed by atoms with Crippen LogP contribution in [-0.4, -0.2) is 20.5 Å². The zero-order valence-electron chi connectivity index (χ0n) is 14.8. The van der Waals surface area contributed by atoms with Gasteiger partial charge < -0.3 is 14.2 Å². The highest BCUT2D eigenvalue weighted by atomic mass is 16.5. The second-order valence-corrected chi connectivity index (χ2v) is 6.40. The summed E-state index contributed by atoms with van der Waals surface area (Å²) in [6.07, 6.45) is 8.94. The molecule has 5 nitrogen and oxygen atoms in total. The first kappa shape index (κ1) is 18.0. The summed E-state index contributed by atoms with van der Waals surface area (Å²) in [6, 6.07) is 14.0. The van der Waals surface area contributed by atoms with Crippen molar-refractivity contribution in [3.63, 3.8) is 0 Å². The fourth-order valence-corrected chi connectivity index (χ4v) is 3.00. The number of aryl methyl sites for hydroxylation is 1. The molecule has 0 spiro atoms. The van der Waals surface area contributed by atoms with Gasteiger partial charge in [-0.2, -0.15) is 0 Å². The van der Waals surface area contributed by atoms with Gasteiger partial charge in [-0.05, 0) is 43.0 Å². The van der Waals surface area contributed by atoms with E-state index in [0.29, 0.717) is 6.61 Å². The van der Waals surface area contributed by atoms with E-state index in [1.54, 1.807) is 0 Å². The van der Waals surface area contributed by atoms with E-state index in [1.165, 1.54) is 5.56 Å². The fourth-order valence-electron chi connectivity index (χ4n) is 3.00. The molecule has 1 N–H and O–H groups in total. The van der Waals surface area contributed by atoms with Gasteiger partial charge in [-0.3, -0.25) is 4.79 Å². The van der Waals surface area contributed by atoms with Gasteiger partial charge in [0.1, 0.15) is 18.0 Å². The lowest BCUT2D eigenvalue weighted by Crippen LogP contribution is -1.99. The minimum Gasteiger partial charge on any atom is -0.487 e. The third-order valence-electron chi connectivity index (χ3n) is 4.35. The lowest BCUT2D eigenvalue weighted by atomic mass is 10.0. The summed E-state index contributed by atoms with van der Waals surface area (Å²) in [7, 11) is 0. The zero-order valence-corrected chi connectivity index (χ0v) is 14.8. The summed E-state index contributed by atoms with van der Waals surface area (Å²) in [4.78, 5) is 15.1. The molecule has 2 aromatic heterocycles. The van der Waals surface area contributed by atoms with Crippen LogP contribution in [0.4, 0.5) is 0 Å². The van der Waals surface area contributed by atoms with Crippen molar-refractivity contribution < 1.29 is 14.6 Å². The molecule has 3 aromatic rings. The number of hydrogen-bond donors (Lipinski definition) is 1. The number of carboxylic acids is 1. The predicted octanol–water partition coefficient (Wildman–Crippen LogP) is 4.49. The Hall–Kier alpha value is -2.82. The Kier molecular flexibility index (Phi) is 6.25. The molecule has 0 aliphatic heterocycles. The minimum atomic E-state index is -0.712. The first-order chi connectivity index (χ1) is 12.7. The van der Waals surface area contributed by atoms with Gasteiger partial charge in [0.25, 0.3) is 0 Å². The van der Waals surface area contributed by atoms with Crippen molar-refractivity contribution >= 4 is 11.6 Å². The summed E-state index contributed by atoms with van der Waals surface area (Å²) >= 11 is 0. The fraction of sp³-hybridized carbons (Fsp3) is 0.333. The number of carboxylic acid groups (broad SMARTS) is 1. The number of hydrogen-bond acceptors (Lipinski definition) is 3. The number of carbonyl (C=O) groups is 1. The van der Waals surface area contributed by atoms with Crippen LogP contribution in [-0.2, 0) is 17.8 Å². The molecule has 0 aliphatic carbocycles. The third kappa shape index (κ3) is 5.09.